The molecule has 0 aliphatic rings. The number of amides is 3. The zero-order valence-corrected chi connectivity index (χ0v) is 12.8. The average molecular weight is 327 g/mol. The van der Waals surface area contributed by atoms with E-state index in [1.165, 1.54) is 0 Å². The number of carboxylic acids is 1. The van der Waals surface area contributed by atoms with Crippen molar-refractivity contribution in [1.29, 1.82) is 0 Å². The van der Waals surface area contributed by atoms with Gasteiger partial charge >= 0.3 is 12.0 Å². The van der Waals surface area contributed by atoms with E-state index in [1.54, 1.807) is 36.4 Å². The van der Waals surface area contributed by atoms with Crippen LogP contribution in [0.15, 0.2) is 42.5 Å². The van der Waals surface area contributed by atoms with Gasteiger partial charge in [0.2, 0.25) is 6.41 Å². The molecule has 24 heavy (non-hydrogen) atoms. The molecule has 0 fully saturated rings. The molecule has 0 bridgehead atoms. The average Bonchev–Trinajstić information content (AvgIpc) is 2.53. The number of anilines is 2. The number of primary amides is 1. The second-order valence-corrected chi connectivity index (χ2v) is 5.07. The zero-order valence-electron chi connectivity index (χ0n) is 12.8. The number of carboxylic acid groups (broad SMARTS) is 1. The van der Waals surface area contributed by atoms with Gasteiger partial charge < -0.3 is 21.5 Å². The molecule has 2 aromatic carbocycles. The van der Waals surface area contributed by atoms with Gasteiger partial charge in [-0.3, -0.25) is 9.59 Å². The highest BCUT2D eigenvalue weighted by Crippen LogP contribution is 2.32. The molecule has 0 aliphatic heterocycles. The fourth-order valence-corrected chi connectivity index (χ4v) is 2.43. The van der Waals surface area contributed by atoms with Gasteiger partial charge in [0.25, 0.3) is 0 Å². The first-order chi connectivity index (χ1) is 11.5. The van der Waals surface area contributed by atoms with Gasteiger partial charge in [-0.15, -0.1) is 0 Å². The summed E-state index contributed by atoms with van der Waals surface area (Å²) in [6.45, 7) is 0. The zero-order chi connectivity index (χ0) is 17.5. The summed E-state index contributed by atoms with van der Waals surface area (Å²) in [5.74, 6) is -0.912. The number of aryl methyl sites for hydroxylation is 1. The maximum absolute atomic E-state index is 11.0. The monoisotopic (exact) mass is 327 g/mol. The molecule has 0 spiro atoms. The lowest BCUT2D eigenvalue weighted by molar-refractivity contribution is -0.136. The van der Waals surface area contributed by atoms with Gasteiger partial charge in [0.05, 0.1) is 5.69 Å². The quantitative estimate of drug-likeness (QED) is 0.583. The number of aliphatic carboxylic acids is 1. The number of rotatable bonds is 7. The van der Waals surface area contributed by atoms with Crippen molar-refractivity contribution in [2.45, 2.75) is 12.8 Å². The van der Waals surface area contributed by atoms with Gasteiger partial charge in [0.1, 0.15) is 0 Å². The Balaban J connectivity index is 2.45. The lowest BCUT2D eigenvalue weighted by Gasteiger charge is -2.14. The predicted molar refractivity (Wildman–Crippen MR) is 90.7 cm³/mol. The molecule has 5 N–H and O–H groups in total. The van der Waals surface area contributed by atoms with Crippen LogP contribution in [0.5, 0.6) is 0 Å². The van der Waals surface area contributed by atoms with Crippen molar-refractivity contribution >= 4 is 29.8 Å². The molecule has 2 rings (SSSR count). The van der Waals surface area contributed by atoms with Gasteiger partial charge in [-0.2, -0.15) is 0 Å². The molecule has 124 valence electrons. The second kappa shape index (κ2) is 7.77. The molecule has 0 heterocycles. The topological polar surface area (TPSA) is 122 Å². The Labute approximate surface area is 138 Å². The number of para-hydroxylation sites is 1. The van der Waals surface area contributed by atoms with E-state index in [0.717, 1.165) is 16.7 Å². The first-order valence-electron chi connectivity index (χ1n) is 7.22. The largest absolute Gasteiger partial charge is 0.481 e. The fraction of sp³-hybridized carbons (Fsp3) is 0.118. The van der Waals surface area contributed by atoms with Crippen LogP contribution in [-0.2, 0) is 16.0 Å². The van der Waals surface area contributed by atoms with Crippen molar-refractivity contribution < 1.29 is 19.5 Å². The molecule has 0 saturated heterocycles. The minimum atomic E-state index is -0.912. The van der Waals surface area contributed by atoms with Gasteiger partial charge in [0.15, 0.2) is 0 Å². The Morgan fingerprint density at radius 3 is 2.58 bits per heavy atom. The van der Waals surface area contributed by atoms with Crippen molar-refractivity contribution in [1.82, 2.24) is 0 Å². The Morgan fingerprint density at radius 2 is 1.92 bits per heavy atom. The molecular formula is C17H17N3O4. The molecule has 2 aromatic rings. The number of hydrogen-bond donors (Lipinski definition) is 4. The van der Waals surface area contributed by atoms with Crippen molar-refractivity contribution in [2.24, 2.45) is 5.73 Å². The van der Waals surface area contributed by atoms with Crippen LogP contribution in [-0.4, -0.2) is 23.5 Å². The van der Waals surface area contributed by atoms with Crippen LogP contribution in [0.2, 0.25) is 0 Å². The van der Waals surface area contributed by atoms with E-state index in [2.05, 4.69) is 10.6 Å². The molecule has 7 heteroatoms. The molecule has 0 atom stereocenters. The van der Waals surface area contributed by atoms with E-state index < -0.39 is 12.0 Å². The van der Waals surface area contributed by atoms with Gasteiger partial charge in [0, 0.05) is 17.7 Å². The number of carbonyl (C=O) groups is 3. The third kappa shape index (κ3) is 4.33. The van der Waals surface area contributed by atoms with Crippen LogP contribution in [0.25, 0.3) is 11.1 Å². The first-order valence-corrected chi connectivity index (χ1v) is 7.22. The molecular weight excluding hydrogens is 310 g/mol. The Morgan fingerprint density at radius 1 is 1.17 bits per heavy atom. The molecule has 0 unspecified atom stereocenters. The van der Waals surface area contributed by atoms with Crippen LogP contribution in [0.4, 0.5) is 16.2 Å². The summed E-state index contributed by atoms with van der Waals surface area (Å²) >= 11 is 0. The SMILES string of the molecule is NC(=O)Nc1cccc(-c2cccc(CCC(=O)O)c2NC=O)c1. The number of benzene rings is 2. The van der Waals surface area contributed by atoms with Crippen LogP contribution >= 0.6 is 0 Å². The highest BCUT2D eigenvalue weighted by Gasteiger charge is 2.12. The minimum absolute atomic E-state index is 0.0414. The van der Waals surface area contributed by atoms with E-state index in [0.29, 0.717) is 24.2 Å². The maximum atomic E-state index is 11.0. The first kappa shape index (κ1) is 17.0. The van der Waals surface area contributed by atoms with E-state index in [4.69, 9.17) is 10.8 Å². The summed E-state index contributed by atoms with van der Waals surface area (Å²) in [6, 6.07) is 11.7. The Hall–Kier alpha value is -3.35. The molecule has 0 aliphatic carbocycles. The number of hydrogen-bond acceptors (Lipinski definition) is 3. The summed E-state index contributed by atoms with van der Waals surface area (Å²) in [4.78, 5) is 32.7. The summed E-state index contributed by atoms with van der Waals surface area (Å²) in [5, 5.41) is 14.0. The number of urea groups is 1. The summed E-state index contributed by atoms with van der Waals surface area (Å²) in [6.07, 6.45) is 0.799. The van der Waals surface area contributed by atoms with Crippen molar-refractivity contribution in [3.63, 3.8) is 0 Å². The number of carbonyl (C=O) groups excluding carboxylic acids is 2. The fourth-order valence-electron chi connectivity index (χ4n) is 2.43. The normalized spacial score (nSPS) is 10.0. The van der Waals surface area contributed by atoms with E-state index in [9.17, 15) is 14.4 Å². The Bertz CT molecular complexity index is 774. The summed E-state index contributed by atoms with van der Waals surface area (Å²) in [5.41, 5.74) is 8.38. The lowest BCUT2D eigenvalue weighted by Crippen LogP contribution is -2.19. The van der Waals surface area contributed by atoms with Crippen molar-refractivity contribution in [2.75, 3.05) is 10.6 Å². The van der Waals surface area contributed by atoms with Crippen LogP contribution in [0.1, 0.15) is 12.0 Å². The highest BCUT2D eigenvalue weighted by molar-refractivity contribution is 5.91. The minimum Gasteiger partial charge on any atom is -0.481 e. The lowest BCUT2D eigenvalue weighted by atomic mass is 9.97. The maximum Gasteiger partial charge on any atom is 0.316 e. The van der Waals surface area contributed by atoms with Gasteiger partial charge in [-0.1, -0.05) is 30.3 Å². The Kier molecular flexibility index (Phi) is 5.51. The van der Waals surface area contributed by atoms with Gasteiger partial charge in [-0.05, 0) is 29.7 Å². The molecule has 0 aromatic heterocycles. The standard InChI is InChI=1S/C17H17N3O4/c18-17(24)20-13-5-1-4-12(9-13)14-6-2-3-11(7-8-15(22)23)16(14)19-10-21/h1-6,9-10H,7-8H2,(H,19,21)(H,22,23)(H3,18,20,24). The number of nitrogens with two attached hydrogens (primary N) is 1. The highest BCUT2D eigenvalue weighted by atomic mass is 16.4. The summed E-state index contributed by atoms with van der Waals surface area (Å²) in [7, 11) is 0. The van der Waals surface area contributed by atoms with E-state index in [-0.39, 0.29) is 6.42 Å². The third-order valence-electron chi connectivity index (χ3n) is 3.40. The summed E-state index contributed by atoms with van der Waals surface area (Å²) < 4.78 is 0. The smallest absolute Gasteiger partial charge is 0.316 e. The van der Waals surface area contributed by atoms with E-state index >= 15 is 0 Å². The number of nitrogens with one attached hydrogen (secondary N) is 2. The predicted octanol–water partition coefficient (Wildman–Crippen LogP) is 2.43. The van der Waals surface area contributed by atoms with Crippen LogP contribution in [0, 0.1) is 0 Å². The van der Waals surface area contributed by atoms with Crippen molar-refractivity contribution in [3.05, 3.63) is 48.0 Å². The molecule has 3 amide bonds. The molecule has 0 saturated carbocycles. The molecule has 7 nitrogen and oxygen atoms in total. The third-order valence-corrected chi connectivity index (χ3v) is 3.40. The van der Waals surface area contributed by atoms with Crippen molar-refractivity contribution in [3.8, 4) is 11.1 Å². The van der Waals surface area contributed by atoms with Crippen LogP contribution < -0.4 is 16.4 Å². The second-order valence-electron chi connectivity index (χ2n) is 5.07. The van der Waals surface area contributed by atoms with Gasteiger partial charge in [-0.25, -0.2) is 4.79 Å². The van der Waals surface area contributed by atoms with E-state index in [1.807, 2.05) is 6.07 Å². The molecule has 0 radical (unpaired) electrons. The van der Waals surface area contributed by atoms with Crippen LogP contribution in [0.3, 0.4) is 0 Å².